The highest BCUT2D eigenvalue weighted by atomic mass is 16.5. The lowest BCUT2D eigenvalue weighted by Gasteiger charge is -2.23. The van der Waals surface area contributed by atoms with Crippen LogP contribution in [-0.4, -0.2) is 48.3 Å². The van der Waals surface area contributed by atoms with Gasteiger partial charge in [-0.3, -0.25) is 9.59 Å². The van der Waals surface area contributed by atoms with Gasteiger partial charge in [-0.05, 0) is 26.7 Å². The molecule has 1 rings (SSSR count). The molecule has 6 heteroatoms. The Balaban J connectivity index is 2.29. The summed E-state index contributed by atoms with van der Waals surface area (Å²) in [6.07, 6.45) is 1.91. The molecule has 6 nitrogen and oxygen atoms in total. The Kier molecular flexibility index (Phi) is 4.89. The van der Waals surface area contributed by atoms with Crippen LogP contribution in [0.4, 0.5) is 0 Å². The van der Waals surface area contributed by atoms with E-state index in [0.717, 1.165) is 12.8 Å². The lowest BCUT2D eigenvalue weighted by Crippen LogP contribution is -2.52. The number of rotatable bonds is 4. The Hall–Kier alpha value is -1.14. The molecule has 3 N–H and O–H groups in total. The molecule has 1 unspecified atom stereocenters. The molecule has 0 aliphatic carbocycles. The number of aliphatic hydroxyl groups excluding tert-OH is 1. The van der Waals surface area contributed by atoms with Crippen LogP contribution in [0.25, 0.3) is 0 Å². The van der Waals surface area contributed by atoms with Gasteiger partial charge in [0.15, 0.2) is 0 Å². The van der Waals surface area contributed by atoms with Crippen LogP contribution in [0, 0.1) is 0 Å². The largest absolute Gasteiger partial charge is 0.394 e. The summed E-state index contributed by atoms with van der Waals surface area (Å²) in [7, 11) is 0. The molecule has 2 amide bonds. The third kappa shape index (κ3) is 4.70. The molecule has 0 aromatic heterocycles. The van der Waals surface area contributed by atoms with Crippen molar-refractivity contribution in [3.63, 3.8) is 0 Å². The van der Waals surface area contributed by atoms with Crippen LogP contribution in [0.5, 0.6) is 0 Å². The van der Waals surface area contributed by atoms with E-state index < -0.39 is 17.4 Å². The zero-order valence-electron chi connectivity index (χ0n) is 10.3. The summed E-state index contributed by atoms with van der Waals surface area (Å²) in [5, 5.41) is 13.9. The molecule has 1 atom stereocenters. The van der Waals surface area contributed by atoms with Crippen molar-refractivity contribution < 1.29 is 19.4 Å². The van der Waals surface area contributed by atoms with E-state index in [1.807, 2.05) is 0 Å². The SMILES string of the molecule is CC(C)(CO)NC(=O)C(=O)NCC1CCCO1. The fraction of sp³-hybridized carbons (Fsp3) is 0.818. The van der Waals surface area contributed by atoms with Crippen LogP contribution < -0.4 is 10.6 Å². The van der Waals surface area contributed by atoms with Crippen molar-refractivity contribution in [2.75, 3.05) is 19.8 Å². The fourth-order valence-electron chi connectivity index (χ4n) is 1.50. The predicted molar refractivity (Wildman–Crippen MR) is 61.3 cm³/mol. The number of aliphatic hydroxyl groups is 1. The van der Waals surface area contributed by atoms with Gasteiger partial charge in [-0.1, -0.05) is 0 Å². The molecule has 1 aliphatic heterocycles. The van der Waals surface area contributed by atoms with Gasteiger partial charge in [0.2, 0.25) is 0 Å². The maximum Gasteiger partial charge on any atom is 0.309 e. The van der Waals surface area contributed by atoms with Crippen molar-refractivity contribution >= 4 is 11.8 Å². The van der Waals surface area contributed by atoms with E-state index in [4.69, 9.17) is 9.84 Å². The van der Waals surface area contributed by atoms with Crippen LogP contribution in [0.2, 0.25) is 0 Å². The summed E-state index contributed by atoms with van der Waals surface area (Å²) in [5.74, 6) is -1.43. The van der Waals surface area contributed by atoms with Gasteiger partial charge in [0, 0.05) is 13.2 Å². The van der Waals surface area contributed by atoms with E-state index in [-0.39, 0.29) is 12.7 Å². The lowest BCUT2D eigenvalue weighted by molar-refractivity contribution is -0.140. The van der Waals surface area contributed by atoms with Crippen molar-refractivity contribution in [3.05, 3.63) is 0 Å². The molecule has 0 radical (unpaired) electrons. The molecule has 17 heavy (non-hydrogen) atoms. The number of amides is 2. The van der Waals surface area contributed by atoms with Gasteiger partial charge < -0.3 is 20.5 Å². The van der Waals surface area contributed by atoms with Crippen molar-refractivity contribution in [1.82, 2.24) is 10.6 Å². The molecular formula is C11H20N2O4. The third-order valence-corrected chi connectivity index (χ3v) is 2.57. The fourth-order valence-corrected chi connectivity index (χ4v) is 1.50. The Morgan fingerprint density at radius 3 is 2.65 bits per heavy atom. The molecule has 0 bridgehead atoms. The smallest absolute Gasteiger partial charge is 0.309 e. The summed E-state index contributed by atoms with van der Waals surface area (Å²) in [5.41, 5.74) is -0.793. The Morgan fingerprint density at radius 2 is 2.12 bits per heavy atom. The zero-order chi connectivity index (χ0) is 12.9. The van der Waals surface area contributed by atoms with E-state index in [1.165, 1.54) is 0 Å². The number of hydrogen-bond donors (Lipinski definition) is 3. The Morgan fingerprint density at radius 1 is 1.41 bits per heavy atom. The van der Waals surface area contributed by atoms with Gasteiger partial charge >= 0.3 is 11.8 Å². The van der Waals surface area contributed by atoms with Crippen molar-refractivity contribution in [1.29, 1.82) is 0 Å². The number of carbonyl (C=O) groups is 2. The minimum Gasteiger partial charge on any atom is -0.394 e. The van der Waals surface area contributed by atoms with Crippen LogP contribution in [0.1, 0.15) is 26.7 Å². The first-order valence-electron chi connectivity index (χ1n) is 5.77. The standard InChI is InChI=1S/C11H20N2O4/c1-11(2,7-14)13-10(16)9(15)12-6-8-4-3-5-17-8/h8,14H,3-7H2,1-2H3,(H,12,15)(H,13,16). The summed E-state index contributed by atoms with van der Waals surface area (Å²) >= 11 is 0. The molecule has 0 aromatic carbocycles. The molecule has 0 saturated carbocycles. The summed E-state index contributed by atoms with van der Waals surface area (Å²) in [4.78, 5) is 22.9. The van der Waals surface area contributed by atoms with E-state index in [2.05, 4.69) is 10.6 Å². The molecule has 0 spiro atoms. The summed E-state index contributed by atoms with van der Waals surface area (Å²) < 4.78 is 5.32. The molecule has 1 fully saturated rings. The van der Waals surface area contributed by atoms with Gasteiger partial charge in [-0.25, -0.2) is 0 Å². The first-order chi connectivity index (χ1) is 7.94. The van der Waals surface area contributed by atoms with E-state index in [9.17, 15) is 9.59 Å². The maximum absolute atomic E-state index is 11.4. The monoisotopic (exact) mass is 244 g/mol. The van der Waals surface area contributed by atoms with Crippen LogP contribution in [0.15, 0.2) is 0 Å². The molecular weight excluding hydrogens is 224 g/mol. The first kappa shape index (κ1) is 13.9. The average Bonchev–Trinajstić information content (AvgIpc) is 2.78. The maximum atomic E-state index is 11.4. The highest BCUT2D eigenvalue weighted by Gasteiger charge is 2.24. The minimum atomic E-state index is -0.793. The van der Waals surface area contributed by atoms with Gasteiger partial charge in [0.05, 0.1) is 18.2 Å². The molecule has 1 heterocycles. The number of hydrogen-bond acceptors (Lipinski definition) is 4. The van der Waals surface area contributed by atoms with E-state index >= 15 is 0 Å². The second kappa shape index (κ2) is 5.97. The van der Waals surface area contributed by atoms with Crippen molar-refractivity contribution in [2.24, 2.45) is 0 Å². The topological polar surface area (TPSA) is 87.7 Å². The van der Waals surface area contributed by atoms with Gasteiger partial charge in [0.1, 0.15) is 0 Å². The normalized spacial score (nSPS) is 20.1. The van der Waals surface area contributed by atoms with Gasteiger partial charge in [0.25, 0.3) is 0 Å². The summed E-state index contributed by atoms with van der Waals surface area (Å²) in [6, 6.07) is 0. The predicted octanol–water partition coefficient (Wildman–Crippen LogP) is -0.831. The first-order valence-corrected chi connectivity index (χ1v) is 5.77. The highest BCUT2D eigenvalue weighted by Crippen LogP contribution is 2.10. The van der Waals surface area contributed by atoms with Crippen LogP contribution in [0.3, 0.4) is 0 Å². The second-order valence-electron chi connectivity index (χ2n) is 4.84. The highest BCUT2D eigenvalue weighted by molar-refractivity contribution is 6.35. The quantitative estimate of drug-likeness (QED) is 0.563. The van der Waals surface area contributed by atoms with E-state index in [1.54, 1.807) is 13.8 Å². The minimum absolute atomic E-state index is 0.0117. The molecule has 1 saturated heterocycles. The van der Waals surface area contributed by atoms with Gasteiger partial charge in [-0.2, -0.15) is 0 Å². The number of carbonyl (C=O) groups excluding carboxylic acids is 2. The number of nitrogens with one attached hydrogen (secondary N) is 2. The number of ether oxygens (including phenoxy) is 1. The molecule has 98 valence electrons. The second-order valence-corrected chi connectivity index (χ2v) is 4.84. The zero-order valence-corrected chi connectivity index (χ0v) is 10.3. The van der Waals surface area contributed by atoms with Crippen molar-refractivity contribution in [2.45, 2.75) is 38.3 Å². The summed E-state index contributed by atoms with van der Waals surface area (Å²) in [6.45, 7) is 4.12. The average molecular weight is 244 g/mol. The Bertz CT molecular complexity index is 285. The van der Waals surface area contributed by atoms with Gasteiger partial charge in [-0.15, -0.1) is 0 Å². The Labute approximate surface area is 101 Å². The molecule has 1 aliphatic rings. The third-order valence-electron chi connectivity index (χ3n) is 2.57. The lowest BCUT2D eigenvalue weighted by atomic mass is 10.1. The van der Waals surface area contributed by atoms with E-state index in [0.29, 0.717) is 13.2 Å². The van der Waals surface area contributed by atoms with Crippen molar-refractivity contribution in [3.8, 4) is 0 Å². The molecule has 0 aromatic rings. The van der Waals surface area contributed by atoms with Crippen LogP contribution in [-0.2, 0) is 14.3 Å². The van der Waals surface area contributed by atoms with Crippen LogP contribution >= 0.6 is 0 Å².